The largest absolute Gasteiger partial charge is 0.494 e. The van der Waals surface area contributed by atoms with Crippen LogP contribution in [0.1, 0.15) is 34.2 Å². The summed E-state index contributed by atoms with van der Waals surface area (Å²) in [4.78, 5) is 2.27. The summed E-state index contributed by atoms with van der Waals surface area (Å²) in [6.07, 6.45) is 0. The van der Waals surface area contributed by atoms with Crippen molar-refractivity contribution < 1.29 is 9.13 Å². The Labute approximate surface area is 136 Å². The molecule has 2 atom stereocenters. The van der Waals surface area contributed by atoms with Crippen molar-refractivity contribution in [3.63, 3.8) is 0 Å². The zero-order chi connectivity index (χ0) is 16.6. The minimum absolute atomic E-state index is 0.137. The normalized spacial score (nSPS) is 21.1. The predicted molar refractivity (Wildman–Crippen MR) is 90.4 cm³/mol. The molecule has 0 bridgehead atoms. The molecule has 1 heterocycles. The summed E-state index contributed by atoms with van der Waals surface area (Å²) in [5, 5.41) is 0. The van der Waals surface area contributed by atoms with Crippen LogP contribution in [-0.2, 0) is 0 Å². The third kappa shape index (κ3) is 2.73. The molecular formula is C19H23FN2O. The highest BCUT2D eigenvalue weighted by molar-refractivity contribution is 5.47. The van der Waals surface area contributed by atoms with Crippen LogP contribution in [0.15, 0.2) is 36.4 Å². The second-order valence-electron chi connectivity index (χ2n) is 6.22. The monoisotopic (exact) mass is 314 g/mol. The third-order valence-electron chi connectivity index (χ3n) is 4.87. The first-order valence-electron chi connectivity index (χ1n) is 7.90. The summed E-state index contributed by atoms with van der Waals surface area (Å²) in [6.45, 7) is 3.52. The van der Waals surface area contributed by atoms with Crippen molar-refractivity contribution >= 4 is 0 Å². The number of hydrogen-bond donors (Lipinski definition) is 1. The van der Waals surface area contributed by atoms with E-state index in [2.05, 4.69) is 37.1 Å². The molecule has 3 rings (SSSR count). The Balaban J connectivity index is 2.11. The summed E-state index contributed by atoms with van der Waals surface area (Å²) < 4.78 is 19.2. The number of fused-ring (bicyclic) bond motifs is 1. The standard InChI is InChI=1S/C19H23FN2O/c1-12-5-4-6-14-15(11-22(2)17(10-21)19(12)14)13-7-8-18(23-3)16(20)9-13/h4-9,15,17H,10-11,21H2,1-3H3. The minimum atomic E-state index is -0.317. The first-order valence-corrected chi connectivity index (χ1v) is 7.90. The van der Waals surface area contributed by atoms with E-state index in [4.69, 9.17) is 10.5 Å². The second kappa shape index (κ2) is 6.30. The summed E-state index contributed by atoms with van der Waals surface area (Å²) in [7, 11) is 3.57. The Kier molecular flexibility index (Phi) is 4.37. The lowest BCUT2D eigenvalue weighted by Gasteiger charge is -2.40. The molecule has 2 aromatic carbocycles. The topological polar surface area (TPSA) is 38.5 Å². The fourth-order valence-corrected chi connectivity index (χ4v) is 3.68. The zero-order valence-corrected chi connectivity index (χ0v) is 13.8. The van der Waals surface area contributed by atoms with Crippen LogP contribution in [0.4, 0.5) is 4.39 Å². The van der Waals surface area contributed by atoms with Gasteiger partial charge in [-0.2, -0.15) is 0 Å². The molecule has 4 heteroatoms. The van der Waals surface area contributed by atoms with Gasteiger partial charge in [0.05, 0.1) is 7.11 Å². The number of nitrogens with two attached hydrogens (primary N) is 1. The van der Waals surface area contributed by atoms with E-state index in [0.717, 1.165) is 12.1 Å². The van der Waals surface area contributed by atoms with Gasteiger partial charge < -0.3 is 10.5 Å². The van der Waals surface area contributed by atoms with Crippen molar-refractivity contribution in [1.29, 1.82) is 0 Å². The van der Waals surface area contributed by atoms with Gasteiger partial charge in [0.1, 0.15) is 0 Å². The Hall–Kier alpha value is -1.91. The van der Waals surface area contributed by atoms with Gasteiger partial charge in [-0.3, -0.25) is 4.90 Å². The van der Waals surface area contributed by atoms with Gasteiger partial charge in [-0.1, -0.05) is 24.3 Å². The molecule has 2 aromatic rings. The third-order valence-corrected chi connectivity index (χ3v) is 4.87. The van der Waals surface area contributed by atoms with Gasteiger partial charge in [0.25, 0.3) is 0 Å². The number of benzene rings is 2. The maximum Gasteiger partial charge on any atom is 0.165 e. The number of likely N-dealkylation sites (N-methyl/N-ethyl adjacent to an activating group) is 1. The van der Waals surface area contributed by atoms with E-state index in [1.807, 2.05) is 6.07 Å². The summed E-state index contributed by atoms with van der Waals surface area (Å²) in [5.74, 6) is 0.100. The van der Waals surface area contributed by atoms with Crippen LogP contribution in [-0.4, -0.2) is 32.1 Å². The van der Waals surface area contributed by atoms with Crippen LogP contribution in [0.5, 0.6) is 5.75 Å². The van der Waals surface area contributed by atoms with Crippen LogP contribution < -0.4 is 10.5 Å². The molecule has 23 heavy (non-hydrogen) atoms. The SMILES string of the molecule is COc1ccc(C2CN(C)C(CN)c3c(C)cccc32)cc1F. The molecule has 0 fully saturated rings. The molecule has 2 unspecified atom stereocenters. The molecular weight excluding hydrogens is 291 g/mol. The van der Waals surface area contributed by atoms with Crippen molar-refractivity contribution in [2.75, 3.05) is 27.2 Å². The van der Waals surface area contributed by atoms with Gasteiger partial charge in [0, 0.05) is 25.0 Å². The van der Waals surface area contributed by atoms with Crippen LogP contribution >= 0.6 is 0 Å². The van der Waals surface area contributed by atoms with Crippen LogP contribution in [0.2, 0.25) is 0 Å². The highest BCUT2D eigenvalue weighted by Gasteiger charge is 2.32. The molecule has 2 N–H and O–H groups in total. The minimum Gasteiger partial charge on any atom is -0.494 e. The smallest absolute Gasteiger partial charge is 0.165 e. The van der Waals surface area contributed by atoms with E-state index < -0.39 is 0 Å². The first kappa shape index (κ1) is 16.0. The molecule has 0 saturated carbocycles. The number of ether oxygens (including phenoxy) is 1. The van der Waals surface area contributed by atoms with E-state index in [1.54, 1.807) is 12.1 Å². The molecule has 0 amide bonds. The van der Waals surface area contributed by atoms with Crippen molar-refractivity contribution in [2.24, 2.45) is 5.73 Å². The van der Waals surface area contributed by atoms with Gasteiger partial charge in [-0.05, 0) is 48.4 Å². The van der Waals surface area contributed by atoms with Crippen molar-refractivity contribution in [2.45, 2.75) is 18.9 Å². The molecule has 122 valence electrons. The number of nitrogens with zero attached hydrogens (tertiary/aromatic N) is 1. The molecule has 0 saturated heterocycles. The average molecular weight is 314 g/mol. The lowest BCUT2D eigenvalue weighted by Crippen LogP contribution is -2.39. The highest BCUT2D eigenvalue weighted by atomic mass is 19.1. The van der Waals surface area contributed by atoms with E-state index in [0.29, 0.717) is 6.54 Å². The molecule has 0 aliphatic carbocycles. The molecule has 3 nitrogen and oxygen atoms in total. The van der Waals surface area contributed by atoms with E-state index >= 15 is 0 Å². The van der Waals surface area contributed by atoms with E-state index in [9.17, 15) is 4.39 Å². The van der Waals surface area contributed by atoms with Gasteiger partial charge in [-0.25, -0.2) is 4.39 Å². The fourth-order valence-electron chi connectivity index (χ4n) is 3.68. The molecule has 0 spiro atoms. The second-order valence-corrected chi connectivity index (χ2v) is 6.22. The Morgan fingerprint density at radius 3 is 2.74 bits per heavy atom. The van der Waals surface area contributed by atoms with Gasteiger partial charge >= 0.3 is 0 Å². The van der Waals surface area contributed by atoms with E-state index in [-0.39, 0.29) is 23.5 Å². The number of rotatable bonds is 3. The summed E-state index contributed by atoms with van der Waals surface area (Å²) in [6, 6.07) is 11.8. The van der Waals surface area contributed by atoms with Crippen molar-refractivity contribution in [3.05, 3.63) is 64.5 Å². The fraction of sp³-hybridized carbons (Fsp3) is 0.368. The van der Waals surface area contributed by atoms with Crippen LogP contribution in [0.3, 0.4) is 0 Å². The summed E-state index contributed by atoms with van der Waals surface area (Å²) >= 11 is 0. The predicted octanol–water partition coefficient (Wildman–Crippen LogP) is 3.22. The molecule has 1 aliphatic heterocycles. The van der Waals surface area contributed by atoms with Gasteiger partial charge in [-0.15, -0.1) is 0 Å². The summed E-state index contributed by atoms with van der Waals surface area (Å²) in [5.41, 5.74) is 10.7. The Bertz CT molecular complexity index is 717. The number of aryl methyl sites for hydroxylation is 1. The first-order chi connectivity index (χ1) is 11.1. The van der Waals surface area contributed by atoms with Crippen molar-refractivity contribution in [3.8, 4) is 5.75 Å². The maximum absolute atomic E-state index is 14.1. The number of methoxy groups -OCH3 is 1. The van der Waals surface area contributed by atoms with Crippen molar-refractivity contribution in [1.82, 2.24) is 4.90 Å². The molecule has 0 aromatic heterocycles. The Morgan fingerprint density at radius 1 is 1.30 bits per heavy atom. The van der Waals surface area contributed by atoms with Gasteiger partial charge in [0.2, 0.25) is 0 Å². The van der Waals surface area contributed by atoms with Gasteiger partial charge in [0.15, 0.2) is 11.6 Å². The Morgan fingerprint density at radius 2 is 2.09 bits per heavy atom. The molecule has 0 radical (unpaired) electrons. The van der Waals surface area contributed by atoms with E-state index in [1.165, 1.54) is 23.8 Å². The van der Waals surface area contributed by atoms with Crippen LogP contribution in [0.25, 0.3) is 0 Å². The number of halogens is 1. The lowest BCUT2D eigenvalue weighted by atomic mass is 9.79. The molecule has 1 aliphatic rings. The quantitative estimate of drug-likeness (QED) is 0.945. The van der Waals surface area contributed by atoms with Crippen LogP contribution in [0, 0.1) is 12.7 Å². The lowest BCUT2D eigenvalue weighted by molar-refractivity contribution is 0.222. The average Bonchev–Trinajstić information content (AvgIpc) is 2.55. The maximum atomic E-state index is 14.1. The number of hydrogen-bond acceptors (Lipinski definition) is 3. The zero-order valence-electron chi connectivity index (χ0n) is 13.8. The highest BCUT2D eigenvalue weighted by Crippen LogP contribution is 2.40.